The SMILES string of the molecule is CC(C)c1ccccc1OCCNC(=O)c1ccc(C(=O)O)o1. The molecule has 1 amide bonds. The number of benzene rings is 1. The van der Waals surface area contributed by atoms with E-state index in [1.54, 1.807) is 0 Å². The first-order chi connectivity index (χ1) is 11.0. The number of furan rings is 1. The van der Waals surface area contributed by atoms with Crippen LogP contribution in [-0.2, 0) is 0 Å². The molecule has 122 valence electrons. The maximum atomic E-state index is 11.8. The van der Waals surface area contributed by atoms with Gasteiger partial charge < -0.3 is 19.6 Å². The monoisotopic (exact) mass is 317 g/mol. The molecular weight excluding hydrogens is 298 g/mol. The Kier molecular flexibility index (Phi) is 5.41. The van der Waals surface area contributed by atoms with Crippen LogP contribution in [0.3, 0.4) is 0 Å². The number of nitrogens with one attached hydrogen (secondary N) is 1. The standard InChI is InChI=1S/C17H19NO5/c1-11(2)12-5-3-4-6-13(12)22-10-9-18-16(19)14-7-8-15(23-14)17(20)21/h3-8,11H,9-10H2,1-2H3,(H,18,19)(H,20,21). The zero-order valence-electron chi connectivity index (χ0n) is 13.0. The van der Waals surface area contributed by atoms with Crippen LogP contribution >= 0.6 is 0 Å². The molecule has 1 aromatic carbocycles. The molecule has 0 fully saturated rings. The minimum atomic E-state index is -1.21. The Morgan fingerprint density at radius 1 is 1.17 bits per heavy atom. The summed E-state index contributed by atoms with van der Waals surface area (Å²) in [7, 11) is 0. The lowest BCUT2D eigenvalue weighted by Gasteiger charge is -2.13. The molecule has 6 nitrogen and oxygen atoms in total. The molecule has 0 atom stereocenters. The van der Waals surface area contributed by atoms with Crippen LogP contribution in [-0.4, -0.2) is 30.1 Å². The maximum absolute atomic E-state index is 11.8. The highest BCUT2D eigenvalue weighted by atomic mass is 16.5. The molecule has 2 rings (SSSR count). The molecule has 0 bridgehead atoms. The van der Waals surface area contributed by atoms with Gasteiger partial charge in [-0.2, -0.15) is 0 Å². The van der Waals surface area contributed by atoms with Crippen molar-refractivity contribution in [3.05, 3.63) is 53.5 Å². The third-order valence-corrected chi connectivity index (χ3v) is 3.23. The first kappa shape index (κ1) is 16.6. The number of hydrogen-bond acceptors (Lipinski definition) is 4. The Balaban J connectivity index is 1.83. The number of carbonyl (C=O) groups excluding carboxylic acids is 1. The second-order valence-electron chi connectivity index (χ2n) is 5.27. The molecule has 1 aromatic heterocycles. The third kappa shape index (κ3) is 4.35. The Bertz CT molecular complexity index is 690. The van der Waals surface area contributed by atoms with Crippen LogP contribution in [0.25, 0.3) is 0 Å². The molecule has 2 aromatic rings. The number of carboxylic acid groups (broad SMARTS) is 1. The van der Waals surface area contributed by atoms with Crippen LogP contribution in [0.2, 0.25) is 0 Å². The minimum absolute atomic E-state index is 0.0371. The number of hydrogen-bond donors (Lipinski definition) is 2. The molecular formula is C17H19NO5. The van der Waals surface area contributed by atoms with Crippen LogP contribution in [0.5, 0.6) is 5.75 Å². The van der Waals surface area contributed by atoms with E-state index in [1.807, 2.05) is 24.3 Å². The first-order valence-corrected chi connectivity index (χ1v) is 7.32. The Morgan fingerprint density at radius 3 is 2.52 bits per heavy atom. The van der Waals surface area contributed by atoms with Gasteiger partial charge >= 0.3 is 5.97 Å². The topological polar surface area (TPSA) is 88.8 Å². The van der Waals surface area contributed by atoms with Gasteiger partial charge in [0.1, 0.15) is 12.4 Å². The van der Waals surface area contributed by atoms with Crippen molar-refractivity contribution in [3.63, 3.8) is 0 Å². The number of aromatic carboxylic acids is 1. The highest BCUT2D eigenvalue weighted by Gasteiger charge is 2.14. The second-order valence-corrected chi connectivity index (χ2v) is 5.27. The lowest BCUT2D eigenvalue weighted by Crippen LogP contribution is -2.27. The number of para-hydroxylation sites is 1. The summed E-state index contributed by atoms with van der Waals surface area (Å²) in [6.07, 6.45) is 0. The average molecular weight is 317 g/mol. The quantitative estimate of drug-likeness (QED) is 0.767. The van der Waals surface area contributed by atoms with Crippen molar-refractivity contribution >= 4 is 11.9 Å². The summed E-state index contributed by atoms with van der Waals surface area (Å²) in [6.45, 7) is 4.76. The number of carbonyl (C=O) groups is 2. The van der Waals surface area contributed by atoms with Crippen molar-refractivity contribution in [3.8, 4) is 5.75 Å². The zero-order valence-corrected chi connectivity index (χ0v) is 13.0. The van der Waals surface area contributed by atoms with Crippen molar-refractivity contribution in [1.29, 1.82) is 0 Å². The number of amides is 1. The van der Waals surface area contributed by atoms with Gasteiger partial charge in [0.15, 0.2) is 5.76 Å². The maximum Gasteiger partial charge on any atom is 0.371 e. The molecule has 0 aliphatic carbocycles. The summed E-state index contributed by atoms with van der Waals surface area (Å²) in [5.74, 6) is -0.848. The fourth-order valence-electron chi connectivity index (χ4n) is 2.08. The van der Waals surface area contributed by atoms with E-state index in [9.17, 15) is 9.59 Å². The minimum Gasteiger partial charge on any atom is -0.491 e. The Morgan fingerprint density at radius 2 is 1.87 bits per heavy atom. The molecule has 6 heteroatoms. The fourth-order valence-corrected chi connectivity index (χ4v) is 2.08. The van der Waals surface area contributed by atoms with Crippen LogP contribution in [0.1, 0.15) is 46.4 Å². The molecule has 0 saturated carbocycles. The molecule has 0 aliphatic heterocycles. The van der Waals surface area contributed by atoms with Crippen molar-refractivity contribution in [2.45, 2.75) is 19.8 Å². The third-order valence-electron chi connectivity index (χ3n) is 3.23. The predicted molar refractivity (Wildman–Crippen MR) is 84.0 cm³/mol. The van der Waals surface area contributed by atoms with E-state index in [1.165, 1.54) is 12.1 Å². The fraction of sp³-hybridized carbons (Fsp3) is 0.294. The van der Waals surface area contributed by atoms with Gasteiger partial charge in [-0.1, -0.05) is 32.0 Å². The van der Waals surface area contributed by atoms with E-state index in [0.29, 0.717) is 12.5 Å². The van der Waals surface area contributed by atoms with Crippen molar-refractivity contribution in [1.82, 2.24) is 5.32 Å². The highest BCUT2D eigenvalue weighted by molar-refractivity contribution is 5.93. The van der Waals surface area contributed by atoms with E-state index in [2.05, 4.69) is 19.2 Å². The summed E-state index contributed by atoms with van der Waals surface area (Å²) in [4.78, 5) is 22.5. The molecule has 2 N–H and O–H groups in total. The van der Waals surface area contributed by atoms with Crippen molar-refractivity contribution in [2.24, 2.45) is 0 Å². The summed E-state index contributed by atoms with van der Waals surface area (Å²) in [5.41, 5.74) is 1.11. The summed E-state index contributed by atoms with van der Waals surface area (Å²) >= 11 is 0. The van der Waals surface area contributed by atoms with Crippen LogP contribution in [0, 0.1) is 0 Å². The van der Waals surface area contributed by atoms with E-state index < -0.39 is 11.9 Å². The normalized spacial score (nSPS) is 10.6. The van der Waals surface area contributed by atoms with E-state index in [4.69, 9.17) is 14.3 Å². The van der Waals surface area contributed by atoms with Crippen LogP contribution in [0.4, 0.5) is 0 Å². The van der Waals surface area contributed by atoms with Gasteiger partial charge in [-0.15, -0.1) is 0 Å². The molecule has 1 heterocycles. The molecule has 0 saturated heterocycles. The average Bonchev–Trinajstić information content (AvgIpc) is 3.02. The van der Waals surface area contributed by atoms with Gasteiger partial charge in [0.2, 0.25) is 5.76 Å². The van der Waals surface area contributed by atoms with Crippen LogP contribution in [0.15, 0.2) is 40.8 Å². The van der Waals surface area contributed by atoms with Crippen molar-refractivity contribution in [2.75, 3.05) is 13.2 Å². The van der Waals surface area contributed by atoms with Crippen molar-refractivity contribution < 1.29 is 23.8 Å². The van der Waals surface area contributed by atoms with Gasteiger partial charge in [0, 0.05) is 0 Å². The smallest absolute Gasteiger partial charge is 0.371 e. The van der Waals surface area contributed by atoms with Gasteiger partial charge in [0.05, 0.1) is 6.54 Å². The van der Waals surface area contributed by atoms with Gasteiger partial charge in [-0.3, -0.25) is 4.79 Å². The summed E-state index contributed by atoms with van der Waals surface area (Å²) in [6, 6.07) is 10.3. The molecule has 0 spiro atoms. The largest absolute Gasteiger partial charge is 0.491 e. The first-order valence-electron chi connectivity index (χ1n) is 7.32. The zero-order chi connectivity index (χ0) is 16.8. The van der Waals surface area contributed by atoms with Gasteiger partial charge in [-0.05, 0) is 29.7 Å². The van der Waals surface area contributed by atoms with E-state index in [0.717, 1.165) is 11.3 Å². The van der Waals surface area contributed by atoms with E-state index in [-0.39, 0.29) is 18.1 Å². The molecule has 0 radical (unpaired) electrons. The second kappa shape index (κ2) is 7.49. The molecule has 0 aliphatic rings. The summed E-state index contributed by atoms with van der Waals surface area (Å²) < 4.78 is 10.6. The molecule has 23 heavy (non-hydrogen) atoms. The lowest BCUT2D eigenvalue weighted by atomic mass is 10.0. The number of ether oxygens (including phenoxy) is 1. The predicted octanol–water partition coefficient (Wildman–Crippen LogP) is 2.91. The lowest BCUT2D eigenvalue weighted by molar-refractivity contribution is 0.0659. The van der Waals surface area contributed by atoms with Crippen LogP contribution < -0.4 is 10.1 Å². The van der Waals surface area contributed by atoms with E-state index >= 15 is 0 Å². The Labute approximate surface area is 134 Å². The Hall–Kier alpha value is -2.76. The number of rotatable bonds is 7. The summed E-state index contributed by atoms with van der Waals surface area (Å²) in [5, 5.41) is 11.4. The van der Waals surface area contributed by atoms with Gasteiger partial charge in [-0.25, -0.2) is 4.79 Å². The molecule has 0 unspecified atom stereocenters. The number of carboxylic acids is 1. The highest BCUT2D eigenvalue weighted by Crippen LogP contribution is 2.25. The van der Waals surface area contributed by atoms with Gasteiger partial charge in [0.25, 0.3) is 5.91 Å².